The lowest BCUT2D eigenvalue weighted by Crippen LogP contribution is -2.32. The second-order valence-corrected chi connectivity index (χ2v) is 5.28. The number of benzene rings is 1. The number of aliphatic carboxylic acids is 1. The molecule has 1 aromatic heterocycles. The molecule has 0 amide bonds. The summed E-state index contributed by atoms with van der Waals surface area (Å²) >= 11 is 0. The minimum atomic E-state index is -0.939. The van der Waals surface area contributed by atoms with Gasteiger partial charge in [-0.15, -0.1) is 0 Å². The van der Waals surface area contributed by atoms with Crippen molar-refractivity contribution >= 4 is 16.9 Å². The van der Waals surface area contributed by atoms with Gasteiger partial charge < -0.3 is 15.4 Å². The van der Waals surface area contributed by atoms with E-state index in [4.69, 9.17) is 10.8 Å². The van der Waals surface area contributed by atoms with Crippen molar-refractivity contribution in [3.63, 3.8) is 0 Å². The zero-order valence-corrected chi connectivity index (χ0v) is 11.0. The first kappa shape index (κ1) is 12.2. The Labute approximate surface area is 111 Å². The number of hydrogen-bond donors (Lipinski definition) is 2. The Morgan fingerprint density at radius 2 is 2.32 bits per heavy atom. The van der Waals surface area contributed by atoms with Crippen molar-refractivity contribution < 1.29 is 9.90 Å². The van der Waals surface area contributed by atoms with Crippen molar-refractivity contribution in [2.75, 3.05) is 0 Å². The van der Waals surface area contributed by atoms with Crippen LogP contribution in [0.25, 0.3) is 10.9 Å². The molecule has 0 bridgehead atoms. The van der Waals surface area contributed by atoms with E-state index < -0.39 is 12.0 Å². The highest BCUT2D eigenvalue weighted by Gasteiger charge is 2.22. The summed E-state index contributed by atoms with van der Waals surface area (Å²) in [6.45, 7) is 3.08. The van der Waals surface area contributed by atoms with E-state index in [1.807, 2.05) is 0 Å². The zero-order chi connectivity index (χ0) is 13.6. The van der Waals surface area contributed by atoms with Gasteiger partial charge in [0.05, 0.1) is 5.52 Å². The Morgan fingerprint density at radius 1 is 1.53 bits per heavy atom. The van der Waals surface area contributed by atoms with Crippen molar-refractivity contribution in [1.82, 2.24) is 4.57 Å². The summed E-state index contributed by atoms with van der Waals surface area (Å²) in [6, 6.07) is 5.47. The molecule has 3 N–H and O–H groups in total. The van der Waals surface area contributed by atoms with E-state index >= 15 is 0 Å². The molecule has 0 aliphatic carbocycles. The van der Waals surface area contributed by atoms with Crippen molar-refractivity contribution in [1.29, 1.82) is 0 Å². The molecule has 3 rings (SSSR count). The number of carboxylic acid groups (broad SMARTS) is 1. The zero-order valence-electron chi connectivity index (χ0n) is 11.0. The molecule has 1 aromatic carbocycles. The van der Waals surface area contributed by atoms with Crippen LogP contribution in [0.3, 0.4) is 0 Å². The van der Waals surface area contributed by atoms with E-state index in [1.54, 1.807) is 0 Å². The molecule has 0 saturated heterocycles. The highest BCUT2D eigenvalue weighted by atomic mass is 16.4. The molecular weight excluding hydrogens is 240 g/mol. The number of aromatic nitrogens is 1. The van der Waals surface area contributed by atoms with Crippen molar-refractivity contribution in [2.24, 2.45) is 5.73 Å². The Morgan fingerprint density at radius 3 is 3.05 bits per heavy atom. The van der Waals surface area contributed by atoms with Crippen molar-refractivity contribution in [3.05, 3.63) is 35.0 Å². The third kappa shape index (κ3) is 1.83. The Hall–Kier alpha value is -1.81. The molecule has 2 heterocycles. The summed E-state index contributed by atoms with van der Waals surface area (Å²) in [4.78, 5) is 11.0. The molecule has 4 heteroatoms. The van der Waals surface area contributed by atoms with Gasteiger partial charge in [-0.1, -0.05) is 18.2 Å². The fraction of sp³-hybridized carbons (Fsp3) is 0.400. The minimum Gasteiger partial charge on any atom is -0.480 e. The Kier molecular flexibility index (Phi) is 2.82. The van der Waals surface area contributed by atoms with Gasteiger partial charge in [0.1, 0.15) is 6.04 Å². The first-order valence-electron chi connectivity index (χ1n) is 6.67. The average molecular weight is 258 g/mol. The van der Waals surface area contributed by atoms with Gasteiger partial charge in [0.15, 0.2) is 0 Å². The number of nitrogens with two attached hydrogens (primary N) is 1. The normalized spacial score (nSPS) is 15.7. The molecule has 4 nitrogen and oxygen atoms in total. The summed E-state index contributed by atoms with van der Waals surface area (Å²) in [5.74, 6) is -0.939. The molecule has 1 unspecified atom stereocenters. The number of carboxylic acids is 1. The van der Waals surface area contributed by atoms with Gasteiger partial charge in [-0.05, 0) is 30.9 Å². The van der Waals surface area contributed by atoms with Crippen LogP contribution in [0.2, 0.25) is 0 Å². The lowest BCUT2D eigenvalue weighted by atomic mass is 10.00. The van der Waals surface area contributed by atoms with Crippen LogP contribution in [-0.2, 0) is 24.2 Å². The lowest BCUT2D eigenvalue weighted by Gasteiger charge is -2.16. The summed E-state index contributed by atoms with van der Waals surface area (Å²) in [5.41, 5.74) is 10.6. The number of para-hydroxylation sites is 1. The number of hydrogen-bond acceptors (Lipinski definition) is 2. The van der Waals surface area contributed by atoms with Gasteiger partial charge >= 0.3 is 5.97 Å². The van der Waals surface area contributed by atoms with E-state index in [2.05, 4.69) is 29.7 Å². The number of nitrogens with zero attached hydrogens (tertiary/aromatic N) is 1. The molecule has 2 aromatic rings. The van der Waals surface area contributed by atoms with Crippen LogP contribution >= 0.6 is 0 Å². The smallest absolute Gasteiger partial charge is 0.320 e. The molecule has 1 aliphatic heterocycles. The third-order valence-electron chi connectivity index (χ3n) is 4.13. The fourth-order valence-electron chi connectivity index (χ4n) is 3.15. The maximum absolute atomic E-state index is 11.0. The second-order valence-electron chi connectivity index (χ2n) is 5.28. The van der Waals surface area contributed by atoms with Gasteiger partial charge in [0, 0.05) is 24.0 Å². The van der Waals surface area contributed by atoms with Crippen LogP contribution < -0.4 is 5.73 Å². The molecule has 0 saturated carbocycles. The molecule has 0 spiro atoms. The SMILES string of the molecule is Cc1c(CC(N)C(=O)O)c2cccc3c2n1CCC3. The maximum atomic E-state index is 11.0. The third-order valence-corrected chi connectivity index (χ3v) is 4.13. The number of carbonyl (C=O) groups is 1. The molecule has 19 heavy (non-hydrogen) atoms. The molecule has 0 fully saturated rings. The van der Waals surface area contributed by atoms with Crippen LogP contribution in [0, 0.1) is 6.92 Å². The monoisotopic (exact) mass is 258 g/mol. The van der Waals surface area contributed by atoms with E-state index in [9.17, 15) is 4.79 Å². The highest BCUT2D eigenvalue weighted by molar-refractivity contribution is 5.89. The van der Waals surface area contributed by atoms with E-state index in [0.29, 0.717) is 6.42 Å². The Balaban J connectivity index is 2.18. The number of rotatable bonds is 3. The summed E-state index contributed by atoms with van der Waals surface area (Å²) in [6.07, 6.45) is 2.64. The van der Waals surface area contributed by atoms with Gasteiger partial charge in [-0.3, -0.25) is 4.79 Å². The van der Waals surface area contributed by atoms with Crippen molar-refractivity contribution in [2.45, 2.75) is 38.8 Å². The van der Waals surface area contributed by atoms with Gasteiger partial charge in [-0.25, -0.2) is 0 Å². The van der Waals surface area contributed by atoms with Crippen LogP contribution in [0.5, 0.6) is 0 Å². The van der Waals surface area contributed by atoms with E-state index in [-0.39, 0.29) is 0 Å². The molecule has 0 radical (unpaired) electrons. The second kappa shape index (κ2) is 4.38. The van der Waals surface area contributed by atoms with E-state index in [0.717, 1.165) is 24.9 Å². The lowest BCUT2D eigenvalue weighted by molar-refractivity contribution is -0.138. The van der Waals surface area contributed by atoms with Crippen LogP contribution in [0.15, 0.2) is 18.2 Å². The van der Waals surface area contributed by atoms with Gasteiger partial charge in [-0.2, -0.15) is 0 Å². The standard InChI is InChI=1S/C15H18N2O2/c1-9-12(8-13(16)15(18)19)11-6-2-4-10-5-3-7-17(9)14(10)11/h2,4,6,13H,3,5,7-8,16H2,1H3,(H,18,19). The minimum absolute atomic E-state index is 0.397. The fourth-order valence-corrected chi connectivity index (χ4v) is 3.15. The quantitative estimate of drug-likeness (QED) is 0.882. The summed E-state index contributed by atoms with van der Waals surface area (Å²) in [5, 5.41) is 10.2. The molecular formula is C15H18N2O2. The summed E-state index contributed by atoms with van der Waals surface area (Å²) in [7, 11) is 0. The van der Waals surface area contributed by atoms with Crippen LogP contribution in [0.1, 0.15) is 23.2 Å². The van der Waals surface area contributed by atoms with Gasteiger partial charge in [0.2, 0.25) is 0 Å². The molecule has 1 atom stereocenters. The largest absolute Gasteiger partial charge is 0.480 e. The topological polar surface area (TPSA) is 68.2 Å². The van der Waals surface area contributed by atoms with E-state index in [1.165, 1.54) is 22.2 Å². The molecule has 100 valence electrons. The number of aryl methyl sites for hydroxylation is 2. The average Bonchev–Trinajstić information content (AvgIpc) is 2.67. The first-order chi connectivity index (χ1) is 9.09. The summed E-state index contributed by atoms with van der Waals surface area (Å²) < 4.78 is 2.32. The predicted octanol–water partition coefficient (Wildman–Crippen LogP) is 1.85. The Bertz CT molecular complexity index is 658. The first-order valence-corrected chi connectivity index (χ1v) is 6.67. The molecule has 1 aliphatic rings. The predicted molar refractivity (Wildman–Crippen MR) is 74.3 cm³/mol. The van der Waals surface area contributed by atoms with Crippen LogP contribution in [0.4, 0.5) is 0 Å². The van der Waals surface area contributed by atoms with Gasteiger partial charge in [0.25, 0.3) is 0 Å². The van der Waals surface area contributed by atoms with Crippen molar-refractivity contribution in [3.8, 4) is 0 Å². The maximum Gasteiger partial charge on any atom is 0.320 e. The van der Waals surface area contributed by atoms with Crippen LogP contribution in [-0.4, -0.2) is 21.7 Å². The highest BCUT2D eigenvalue weighted by Crippen LogP contribution is 2.32.